The Morgan fingerprint density at radius 3 is 2.46 bits per heavy atom. The van der Waals surface area contributed by atoms with Gasteiger partial charge in [0.25, 0.3) is 5.91 Å². The van der Waals surface area contributed by atoms with Crippen molar-refractivity contribution in [1.82, 2.24) is 14.5 Å². The van der Waals surface area contributed by atoms with Gasteiger partial charge in [0.15, 0.2) is 0 Å². The number of hydrogen-bond acceptors (Lipinski definition) is 4. The van der Waals surface area contributed by atoms with E-state index in [1.54, 1.807) is 18.7 Å². The average molecular weight is 402 g/mol. The van der Waals surface area contributed by atoms with Gasteiger partial charge >= 0.3 is 0 Å². The molecule has 0 unspecified atom stereocenters. The zero-order chi connectivity index (χ0) is 19.5. The molecule has 7 nitrogen and oxygen atoms in total. The Kier molecular flexibility index (Phi) is 6.65. The number of carbonyl (C=O) groups is 2. The third kappa shape index (κ3) is 4.55. The predicted molar refractivity (Wildman–Crippen MR) is 99.7 cm³/mol. The van der Waals surface area contributed by atoms with Crippen molar-refractivity contribution >= 4 is 33.4 Å². The molecular weight excluding hydrogens is 378 g/mol. The number of carbonyl (C=O) groups excluding carboxylic acids is 2. The maximum atomic E-state index is 12.6. The molecule has 144 valence electrons. The van der Waals surface area contributed by atoms with Gasteiger partial charge < -0.3 is 10.2 Å². The fourth-order valence-corrected chi connectivity index (χ4v) is 4.21. The van der Waals surface area contributed by atoms with Gasteiger partial charge in [-0.2, -0.15) is 4.31 Å². The van der Waals surface area contributed by atoms with Gasteiger partial charge in [0.2, 0.25) is 15.9 Å². The number of benzene rings is 1. The van der Waals surface area contributed by atoms with Crippen LogP contribution in [0.1, 0.15) is 37.0 Å². The summed E-state index contributed by atoms with van der Waals surface area (Å²) < 4.78 is 26.4. The van der Waals surface area contributed by atoms with E-state index in [0.29, 0.717) is 13.1 Å². The molecule has 0 atom stereocenters. The molecule has 0 aliphatic carbocycles. The first-order valence-electron chi connectivity index (χ1n) is 8.48. The van der Waals surface area contributed by atoms with Gasteiger partial charge in [-0.1, -0.05) is 11.6 Å². The Labute approximate surface area is 159 Å². The van der Waals surface area contributed by atoms with E-state index in [2.05, 4.69) is 5.32 Å². The second-order valence-corrected chi connectivity index (χ2v) is 8.93. The van der Waals surface area contributed by atoms with Crippen molar-refractivity contribution in [3.63, 3.8) is 0 Å². The maximum absolute atomic E-state index is 12.6. The highest BCUT2D eigenvalue weighted by Gasteiger charge is 2.25. The van der Waals surface area contributed by atoms with Crippen molar-refractivity contribution in [1.29, 1.82) is 0 Å². The summed E-state index contributed by atoms with van der Waals surface area (Å²) in [5.41, 5.74) is 0.0270. The lowest BCUT2D eigenvalue weighted by Crippen LogP contribution is -2.38. The van der Waals surface area contributed by atoms with Crippen molar-refractivity contribution in [2.24, 2.45) is 0 Å². The molecule has 1 aromatic rings. The molecule has 0 radical (unpaired) electrons. The third-order valence-corrected chi connectivity index (χ3v) is 6.80. The molecule has 1 heterocycles. The zero-order valence-corrected chi connectivity index (χ0v) is 16.7. The first-order valence-corrected chi connectivity index (χ1v) is 10.3. The number of nitrogens with one attached hydrogen (secondary N) is 1. The van der Waals surface area contributed by atoms with Crippen LogP contribution < -0.4 is 5.32 Å². The summed E-state index contributed by atoms with van der Waals surface area (Å²) >= 11 is 6.06. The Hall–Kier alpha value is -1.64. The van der Waals surface area contributed by atoms with Crippen LogP contribution in [0.5, 0.6) is 0 Å². The lowest BCUT2D eigenvalue weighted by molar-refractivity contribution is -0.129. The molecule has 0 saturated carbocycles. The lowest BCUT2D eigenvalue weighted by Gasteiger charge is -2.21. The summed E-state index contributed by atoms with van der Waals surface area (Å²) in [6.45, 7) is 4.77. The summed E-state index contributed by atoms with van der Waals surface area (Å²) in [5, 5.41) is 2.65. The van der Waals surface area contributed by atoms with Gasteiger partial charge in [0.1, 0.15) is 0 Å². The molecule has 2 rings (SSSR count). The summed E-state index contributed by atoms with van der Waals surface area (Å²) in [7, 11) is -2.26. The smallest absolute Gasteiger partial charge is 0.253 e. The standard InChI is InChI=1S/C17H24ClN3O4S/c1-12(2)20(3)26(24,25)13-6-7-15(18)14(10-13)17(23)19-11-16(22)21-8-4-5-9-21/h6-7,10,12H,4-5,8-9,11H2,1-3H3,(H,19,23). The maximum Gasteiger partial charge on any atom is 0.253 e. The molecule has 9 heteroatoms. The molecule has 2 amide bonds. The molecule has 1 fully saturated rings. The van der Waals surface area contributed by atoms with Crippen molar-refractivity contribution in [3.05, 3.63) is 28.8 Å². The van der Waals surface area contributed by atoms with E-state index in [-0.39, 0.29) is 34.0 Å². The summed E-state index contributed by atoms with van der Waals surface area (Å²) in [6, 6.07) is 3.75. The van der Waals surface area contributed by atoms with E-state index in [0.717, 1.165) is 12.8 Å². The summed E-state index contributed by atoms with van der Waals surface area (Å²) in [6.07, 6.45) is 1.93. The van der Waals surface area contributed by atoms with Crippen molar-refractivity contribution in [3.8, 4) is 0 Å². The van der Waals surface area contributed by atoms with E-state index in [9.17, 15) is 18.0 Å². The quantitative estimate of drug-likeness (QED) is 0.786. The van der Waals surface area contributed by atoms with Gasteiger partial charge in [0.05, 0.1) is 22.0 Å². The fraction of sp³-hybridized carbons (Fsp3) is 0.529. The molecule has 1 aromatic carbocycles. The average Bonchev–Trinajstić information content (AvgIpc) is 3.13. The number of sulfonamides is 1. The highest BCUT2D eigenvalue weighted by molar-refractivity contribution is 7.89. The van der Waals surface area contributed by atoms with Crippen molar-refractivity contribution < 1.29 is 18.0 Å². The van der Waals surface area contributed by atoms with Gasteiger partial charge in [-0.05, 0) is 44.9 Å². The third-order valence-electron chi connectivity index (χ3n) is 4.45. The SMILES string of the molecule is CC(C)N(C)S(=O)(=O)c1ccc(Cl)c(C(=O)NCC(=O)N2CCCC2)c1. The molecule has 26 heavy (non-hydrogen) atoms. The minimum Gasteiger partial charge on any atom is -0.343 e. The van der Waals surface area contributed by atoms with Gasteiger partial charge in [-0.25, -0.2) is 8.42 Å². The first-order chi connectivity index (χ1) is 12.1. The summed E-state index contributed by atoms with van der Waals surface area (Å²) in [4.78, 5) is 26.1. The van der Waals surface area contributed by atoms with Crippen LogP contribution in [-0.4, -0.2) is 62.2 Å². The van der Waals surface area contributed by atoms with E-state index in [1.807, 2.05) is 0 Å². The van der Waals surface area contributed by atoms with Crippen LogP contribution in [-0.2, 0) is 14.8 Å². The highest BCUT2D eigenvalue weighted by Crippen LogP contribution is 2.23. The van der Waals surface area contributed by atoms with Crippen LogP contribution in [0, 0.1) is 0 Å². The van der Waals surface area contributed by atoms with Crippen molar-refractivity contribution in [2.75, 3.05) is 26.7 Å². The zero-order valence-electron chi connectivity index (χ0n) is 15.2. The Morgan fingerprint density at radius 2 is 1.88 bits per heavy atom. The molecule has 1 N–H and O–H groups in total. The molecule has 1 saturated heterocycles. The fourth-order valence-electron chi connectivity index (χ4n) is 2.61. The van der Waals surface area contributed by atoms with Crippen LogP contribution >= 0.6 is 11.6 Å². The normalized spacial score (nSPS) is 14.9. The topological polar surface area (TPSA) is 86.8 Å². The number of halogens is 1. The molecule has 1 aliphatic heterocycles. The van der Waals surface area contributed by atoms with Gasteiger partial charge in [-0.15, -0.1) is 0 Å². The monoisotopic (exact) mass is 401 g/mol. The molecule has 0 bridgehead atoms. The van der Waals surface area contributed by atoms with Crippen LogP contribution in [0.4, 0.5) is 0 Å². The second kappa shape index (κ2) is 8.37. The highest BCUT2D eigenvalue weighted by atomic mass is 35.5. The van der Waals surface area contributed by atoms with E-state index >= 15 is 0 Å². The van der Waals surface area contributed by atoms with Crippen LogP contribution in [0.2, 0.25) is 5.02 Å². The van der Waals surface area contributed by atoms with Gasteiger partial charge in [0, 0.05) is 26.2 Å². The minimum atomic E-state index is -3.74. The largest absolute Gasteiger partial charge is 0.343 e. The number of amides is 2. The minimum absolute atomic E-state index is 0.0193. The van der Waals surface area contributed by atoms with Crippen LogP contribution in [0.3, 0.4) is 0 Å². The van der Waals surface area contributed by atoms with Crippen LogP contribution in [0.25, 0.3) is 0 Å². The number of rotatable bonds is 6. The number of likely N-dealkylation sites (tertiary alicyclic amines) is 1. The van der Waals surface area contributed by atoms with E-state index in [4.69, 9.17) is 11.6 Å². The number of nitrogens with zero attached hydrogens (tertiary/aromatic N) is 2. The van der Waals surface area contributed by atoms with E-state index in [1.165, 1.54) is 29.6 Å². The Morgan fingerprint density at radius 1 is 1.27 bits per heavy atom. The molecule has 0 spiro atoms. The molecule has 0 aromatic heterocycles. The van der Waals surface area contributed by atoms with E-state index < -0.39 is 15.9 Å². The summed E-state index contributed by atoms with van der Waals surface area (Å²) in [5.74, 6) is -0.734. The van der Waals surface area contributed by atoms with Crippen molar-refractivity contribution in [2.45, 2.75) is 37.6 Å². The molecular formula is C17H24ClN3O4S. The lowest BCUT2D eigenvalue weighted by atomic mass is 10.2. The van der Waals surface area contributed by atoms with Gasteiger partial charge in [-0.3, -0.25) is 9.59 Å². The second-order valence-electron chi connectivity index (χ2n) is 6.53. The Bertz CT molecular complexity index is 789. The predicted octanol–water partition coefficient (Wildman–Crippen LogP) is 1.72. The van der Waals surface area contributed by atoms with Crippen LogP contribution in [0.15, 0.2) is 23.1 Å². The Balaban J connectivity index is 2.16. The molecule has 1 aliphatic rings. The first kappa shape index (κ1) is 20.7. The number of hydrogen-bond donors (Lipinski definition) is 1.